The molecule has 14 heteroatoms. The fourth-order valence-corrected chi connectivity index (χ4v) is 3.62. The third-order valence-corrected chi connectivity index (χ3v) is 5.35. The molecule has 1 aromatic carbocycles. The van der Waals surface area contributed by atoms with Crippen LogP contribution in [0.3, 0.4) is 0 Å². The van der Waals surface area contributed by atoms with E-state index in [0.717, 1.165) is 0 Å². The quantitative estimate of drug-likeness (QED) is 0.415. The third kappa shape index (κ3) is 4.58. The van der Waals surface area contributed by atoms with Crippen molar-refractivity contribution in [1.82, 2.24) is 45.2 Å². The number of ether oxygens (including phenoxy) is 1. The molecule has 4 aromatic rings. The monoisotopic (exact) mass is 474 g/mol. The van der Waals surface area contributed by atoms with E-state index in [1.54, 1.807) is 11.0 Å². The van der Waals surface area contributed by atoms with Crippen LogP contribution in [0.4, 0.5) is 14.7 Å². The first-order valence-electron chi connectivity index (χ1n) is 10.00. The van der Waals surface area contributed by atoms with Crippen molar-refractivity contribution >= 4 is 17.5 Å². The summed E-state index contributed by atoms with van der Waals surface area (Å²) in [6.45, 7) is 0.632. The molecule has 0 unspecified atom stereocenters. The van der Waals surface area contributed by atoms with Crippen LogP contribution in [0.1, 0.15) is 18.2 Å². The van der Waals surface area contributed by atoms with Crippen LogP contribution in [-0.2, 0) is 6.61 Å². The number of alkyl halides is 1. The average Bonchev–Trinajstić information content (AvgIpc) is 3.51. The van der Waals surface area contributed by atoms with Gasteiger partial charge in [-0.2, -0.15) is 15.0 Å². The predicted molar refractivity (Wildman–Crippen MR) is 111 cm³/mol. The topological polar surface area (TPSA) is 113 Å². The maximum atomic E-state index is 14.9. The summed E-state index contributed by atoms with van der Waals surface area (Å²) in [5.74, 6) is -0.104. The van der Waals surface area contributed by atoms with Crippen molar-refractivity contribution in [2.45, 2.75) is 25.2 Å². The van der Waals surface area contributed by atoms with Crippen LogP contribution in [0.2, 0.25) is 5.02 Å². The van der Waals surface area contributed by atoms with E-state index in [0.29, 0.717) is 35.3 Å². The van der Waals surface area contributed by atoms with Gasteiger partial charge < -0.3 is 9.64 Å². The standard InChI is InChI=1S/C19H17ClF2N10O/c20-12-6-23-19(24-7-12)30-4-3-17(16(22)9-30)32-26-8-13(27-32)10-33-18-2-1-14(5-15(18)21)31-11-25-28-29-31/h1-2,5-8,11,16-17H,3-4,9-10H2/t16-,17-/m0/s1. The van der Waals surface area contributed by atoms with E-state index >= 15 is 0 Å². The maximum Gasteiger partial charge on any atom is 0.225 e. The summed E-state index contributed by atoms with van der Waals surface area (Å²) in [6.07, 6.45) is 5.04. The first-order valence-corrected chi connectivity index (χ1v) is 10.4. The highest BCUT2D eigenvalue weighted by molar-refractivity contribution is 6.30. The van der Waals surface area contributed by atoms with Crippen LogP contribution in [-0.4, -0.2) is 64.4 Å². The van der Waals surface area contributed by atoms with Gasteiger partial charge in [-0.25, -0.2) is 23.4 Å². The minimum absolute atomic E-state index is 0.0183. The van der Waals surface area contributed by atoms with Gasteiger partial charge in [0.1, 0.15) is 30.8 Å². The molecule has 1 saturated heterocycles. The molecule has 33 heavy (non-hydrogen) atoms. The number of aromatic nitrogens is 9. The second kappa shape index (κ2) is 9.02. The molecule has 11 nitrogen and oxygen atoms in total. The highest BCUT2D eigenvalue weighted by Gasteiger charge is 2.33. The van der Waals surface area contributed by atoms with Crippen molar-refractivity contribution in [1.29, 1.82) is 0 Å². The van der Waals surface area contributed by atoms with Crippen LogP contribution < -0.4 is 9.64 Å². The van der Waals surface area contributed by atoms with E-state index in [9.17, 15) is 8.78 Å². The lowest BCUT2D eigenvalue weighted by Crippen LogP contribution is -2.44. The lowest BCUT2D eigenvalue weighted by atomic mass is 10.0. The molecular formula is C19H17ClF2N10O. The number of hydrogen-bond acceptors (Lipinski definition) is 9. The third-order valence-electron chi connectivity index (χ3n) is 5.15. The Hall–Kier alpha value is -3.74. The van der Waals surface area contributed by atoms with Gasteiger partial charge in [0.05, 0.1) is 35.8 Å². The summed E-state index contributed by atoms with van der Waals surface area (Å²) in [4.78, 5) is 11.4. The van der Waals surface area contributed by atoms with Crippen molar-refractivity contribution in [2.75, 3.05) is 18.0 Å². The van der Waals surface area contributed by atoms with E-state index < -0.39 is 18.0 Å². The molecule has 0 saturated carbocycles. The minimum Gasteiger partial charge on any atom is -0.484 e. The summed E-state index contributed by atoms with van der Waals surface area (Å²) in [7, 11) is 0. The number of tetrazole rings is 1. The van der Waals surface area contributed by atoms with Crippen LogP contribution in [0.25, 0.3) is 5.69 Å². The molecular weight excluding hydrogens is 458 g/mol. The van der Waals surface area contributed by atoms with E-state index in [1.165, 1.54) is 46.5 Å². The average molecular weight is 475 g/mol. The summed E-state index contributed by atoms with van der Waals surface area (Å²) in [5, 5.41) is 19.7. The van der Waals surface area contributed by atoms with Gasteiger partial charge >= 0.3 is 0 Å². The molecule has 3 aromatic heterocycles. The first kappa shape index (κ1) is 21.1. The van der Waals surface area contributed by atoms with E-state index in [4.69, 9.17) is 16.3 Å². The molecule has 1 aliphatic rings. The Labute approximate surface area is 191 Å². The van der Waals surface area contributed by atoms with E-state index in [1.807, 2.05) is 0 Å². The summed E-state index contributed by atoms with van der Waals surface area (Å²) >= 11 is 5.81. The number of benzene rings is 1. The zero-order valence-electron chi connectivity index (χ0n) is 17.0. The van der Waals surface area contributed by atoms with Gasteiger partial charge in [-0.1, -0.05) is 11.6 Å². The lowest BCUT2D eigenvalue weighted by Gasteiger charge is -2.33. The van der Waals surface area contributed by atoms with Crippen LogP contribution in [0.5, 0.6) is 5.75 Å². The highest BCUT2D eigenvalue weighted by Crippen LogP contribution is 2.27. The Morgan fingerprint density at radius 2 is 2.03 bits per heavy atom. The van der Waals surface area contributed by atoms with Crippen LogP contribution in [0.15, 0.2) is 43.1 Å². The van der Waals surface area contributed by atoms with Crippen molar-refractivity contribution in [2.24, 2.45) is 0 Å². The predicted octanol–water partition coefficient (Wildman–Crippen LogP) is 2.20. The molecule has 1 fully saturated rings. The lowest BCUT2D eigenvalue weighted by molar-refractivity contribution is 0.172. The number of nitrogens with zero attached hydrogens (tertiary/aromatic N) is 10. The van der Waals surface area contributed by atoms with Gasteiger partial charge in [0.15, 0.2) is 11.6 Å². The number of anilines is 1. The van der Waals surface area contributed by atoms with Gasteiger partial charge in [0.25, 0.3) is 0 Å². The molecule has 0 amide bonds. The van der Waals surface area contributed by atoms with Crippen molar-refractivity contribution in [3.63, 3.8) is 0 Å². The van der Waals surface area contributed by atoms with Crippen molar-refractivity contribution in [3.8, 4) is 11.4 Å². The molecule has 1 aliphatic heterocycles. The maximum absolute atomic E-state index is 14.9. The second-order valence-electron chi connectivity index (χ2n) is 7.33. The van der Waals surface area contributed by atoms with Gasteiger partial charge in [0.2, 0.25) is 5.95 Å². The van der Waals surface area contributed by atoms with Crippen molar-refractivity contribution < 1.29 is 13.5 Å². The van der Waals surface area contributed by atoms with Gasteiger partial charge in [-0.05, 0) is 29.0 Å². The molecule has 0 aliphatic carbocycles. The Morgan fingerprint density at radius 3 is 2.76 bits per heavy atom. The summed E-state index contributed by atoms with van der Waals surface area (Å²) in [6, 6.07) is 3.82. The van der Waals surface area contributed by atoms with Gasteiger partial charge in [-0.15, -0.1) is 5.10 Å². The number of hydrogen-bond donors (Lipinski definition) is 0. The normalized spacial score (nSPS) is 18.5. The van der Waals surface area contributed by atoms with Gasteiger partial charge in [0, 0.05) is 12.6 Å². The molecule has 0 bridgehead atoms. The smallest absolute Gasteiger partial charge is 0.225 e. The summed E-state index contributed by atoms with van der Waals surface area (Å²) in [5.41, 5.74) is 0.912. The number of halogens is 3. The number of piperidine rings is 1. The molecule has 5 rings (SSSR count). The largest absolute Gasteiger partial charge is 0.484 e. The number of rotatable bonds is 6. The molecule has 0 N–H and O–H groups in total. The Morgan fingerprint density at radius 1 is 1.18 bits per heavy atom. The van der Waals surface area contributed by atoms with Crippen LogP contribution in [0, 0.1) is 5.82 Å². The molecule has 0 radical (unpaired) electrons. The second-order valence-corrected chi connectivity index (χ2v) is 7.77. The zero-order chi connectivity index (χ0) is 22.8. The fraction of sp³-hybridized carbons (Fsp3) is 0.316. The highest BCUT2D eigenvalue weighted by atomic mass is 35.5. The molecule has 2 atom stereocenters. The van der Waals surface area contributed by atoms with Gasteiger partial charge in [-0.3, -0.25) is 0 Å². The Balaban J connectivity index is 1.20. The Kier molecular flexibility index (Phi) is 5.77. The fourth-order valence-electron chi connectivity index (χ4n) is 3.52. The minimum atomic E-state index is -1.23. The molecule has 170 valence electrons. The first-order chi connectivity index (χ1) is 16.1. The molecule has 0 spiro atoms. The van der Waals surface area contributed by atoms with E-state index in [2.05, 4.69) is 35.7 Å². The van der Waals surface area contributed by atoms with Crippen molar-refractivity contribution in [3.05, 3.63) is 59.7 Å². The summed E-state index contributed by atoms with van der Waals surface area (Å²) < 4.78 is 36.1. The molecule has 4 heterocycles. The SMILES string of the molecule is Fc1cc(-n2cnnn2)ccc1OCc1cnn([C@H]2CCN(c3ncc(Cl)cn3)C[C@@H]2F)n1. The zero-order valence-corrected chi connectivity index (χ0v) is 17.8. The Bertz CT molecular complexity index is 1220. The van der Waals surface area contributed by atoms with Crippen LogP contribution >= 0.6 is 11.6 Å². The van der Waals surface area contributed by atoms with E-state index in [-0.39, 0.29) is 18.9 Å².